The average molecular weight is 962 g/mol. The van der Waals surface area contributed by atoms with E-state index in [1.54, 1.807) is 98.1 Å². The number of nitrogens with zero attached hydrogens (tertiary/aromatic N) is 8. The van der Waals surface area contributed by atoms with Crippen molar-refractivity contribution in [1.29, 1.82) is 21.0 Å². The minimum Gasteiger partial charge on any atom is -0.545 e. The van der Waals surface area contributed by atoms with E-state index in [9.17, 15) is 29.4 Å². The molecule has 0 bridgehead atoms. The number of hydrogen-bond acceptors (Lipinski definition) is 14. The van der Waals surface area contributed by atoms with Gasteiger partial charge < -0.3 is 30.0 Å². The van der Waals surface area contributed by atoms with Crippen LogP contribution < -0.4 is 10.2 Å². The molecule has 2 aromatic carbocycles. The van der Waals surface area contributed by atoms with Gasteiger partial charge in [0.1, 0.15) is 0 Å². The van der Waals surface area contributed by atoms with Gasteiger partial charge in [-0.25, -0.2) is 9.59 Å². The SMILES string of the molecule is N#Cc1ccncc1.N#Cc1ccncc1.N#Cc1ccncc1.N#Cc1ccncc1.O=C([O-])c1ccccc1C(=O)O.O=C([O-])c1ccccc1C(=O)O.[Ag+].[Ag+]. The van der Waals surface area contributed by atoms with Crippen molar-refractivity contribution in [2.24, 2.45) is 0 Å². The predicted molar refractivity (Wildman–Crippen MR) is 191 cm³/mol. The Bertz CT molecular complexity index is 2000. The summed E-state index contributed by atoms with van der Waals surface area (Å²) in [6.07, 6.45) is 12.8. The summed E-state index contributed by atoms with van der Waals surface area (Å²) < 4.78 is 0. The third-order valence-corrected chi connectivity index (χ3v) is 5.99. The van der Waals surface area contributed by atoms with Crippen molar-refractivity contribution >= 4 is 23.9 Å². The Morgan fingerprint density at radius 3 is 0.707 bits per heavy atom. The van der Waals surface area contributed by atoms with Gasteiger partial charge in [0.15, 0.2) is 0 Å². The maximum atomic E-state index is 10.4. The maximum absolute atomic E-state index is 10.4. The van der Waals surface area contributed by atoms with E-state index in [0.29, 0.717) is 22.3 Å². The zero-order valence-electron chi connectivity index (χ0n) is 29.4. The van der Waals surface area contributed by atoms with Gasteiger partial charge in [-0.3, -0.25) is 19.9 Å². The minimum atomic E-state index is -1.48. The molecule has 0 atom stereocenters. The van der Waals surface area contributed by atoms with Crippen molar-refractivity contribution in [2.75, 3.05) is 0 Å². The van der Waals surface area contributed by atoms with Gasteiger partial charge in [0, 0.05) is 60.7 Å². The zero-order chi connectivity index (χ0) is 41.6. The Labute approximate surface area is 362 Å². The van der Waals surface area contributed by atoms with Crippen LogP contribution in [0.2, 0.25) is 0 Å². The van der Waals surface area contributed by atoms with Crippen LogP contribution in [0.3, 0.4) is 0 Å². The van der Waals surface area contributed by atoms with Gasteiger partial charge in [0.05, 0.1) is 69.6 Å². The monoisotopic (exact) mass is 960 g/mol. The molecule has 0 fully saturated rings. The number of carboxylic acids is 4. The largest absolute Gasteiger partial charge is 1.00 e. The van der Waals surface area contributed by atoms with E-state index in [0.717, 1.165) is 0 Å². The van der Waals surface area contributed by atoms with E-state index in [1.807, 2.05) is 24.3 Å². The van der Waals surface area contributed by atoms with Gasteiger partial charge in [0.2, 0.25) is 0 Å². The van der Waals surface area contributed by atoms with E-state index in [1.165, 1.54) is 48.5 Å². The zero-order valence-corrected chi connectivity index (χ0v) is 32.3. The molecule has 18 heteroatoms. The van der Waals surface area contributed by atoms with Crippen LogP contribution in [-0.2, 0) is 44.8 Å². The van der Waals surface area contributed by atoms with Crippen LogP contribution in [-0.4, -0.2) is 54.0 Å². The van der Waals surface area contributed by atoms with Gasteiger partial charge in [-0.05, 0) is 60.7 Å². The number of benzene rings is 2. The van der Waals surface area contributed by atoms with Crippen LogP contribution in [0.5, 0.6) is 0 Å². The molecule has 4 heterocycles. The molecule has 2 N–H and O–H groups in total. The first-order valence-electron chi connectivity index (χ1n) is 15.3. The topological polar surface area (TPSA) is 302 Å². The molecule has 0 aliphatic heterocycles. The van der Waals surface area contributed by atoms with Gasteiger partial charge >= 0.3 is 56.7 Å². The number of aromatic carboxylic acids is 4. The Balaban J connectivity index is 0. The smallest absolute Gasteiger partial charge is 0.545 e. The second-order valence-electron chi connectivity index (χ2n) is 9.67. The number of carbonyl (C=O) groups excluding carboxylic acids is 2. The number of carbonyl (C=O) groups is 4. The fourth-order valence-electron chi connectivity index (χ4n) is 3.40. The number of hydrogen-bond donors (Lipinski definition) is 2. The molecule has 0 unspecified atom stereocenters. The fraction of sp³-hybridized carbons (Fsp3) is 0. The molecule has 16 nitrogen and oxygen atoms in total. The normalized spacial score (nSPS) is 8.21. The molecule has 0 saturated heterocycles. The molecule has 4 aromatic heterocycles. The van der Waals surface area contributed by atoms with Crippen LogP contribution in [0.15, 0.2) is 147 Å². The molecule has 58 heavy (non-hydrogen) atoms. The summed E-state index contributed by atoms with van der Waals surface area (Å²) in [6, 6.07) is 31.9. The van der Waals surface area contributed by atoms with Crippen molar-refractivity contribution < 1.29 is 84.4 Å². The van der Waals surface area contributed by atoms with Gasteiger partial charge in [-0.1, -0.05) is 36.4 Å². The molecule has 0 amide bonds. The van der Waals surface area contributed by atoms with Crippen LogP contribution in [0.1, 0.15) is 63.7 Å². The first kappa shape index (κ1) is 52.5. The molecule has 0 radical (unpaired) electrons. The number of nitriles is 4. The van der Waals surface area contributed by atoms with Crippen molar-refractivity contribution in [2.45, 2.75) is 0 Å². The second kappa shape index (κ2) is 31.7. The van der Waals surface area contributed by atoms with Crippen LogP contribution in [0.4, 0.5) is 0 Å². The molecule has 6 aromatic rings. The molecule has 6 rings (SSSR count). The summed E-state index contributed by atoms with van der Waals surface area (Å²) in [7, 11) is 0. The number of pyridine rings is 4. The maximum Gasteiger partial charge on any atom is 1.00 e. The minimum absolute atomic E-state index is 0. The summed E-state index contributed by atoms with van der Waals surface area (Å²) in [6.45, 7) is 0. The van der Waals surface area contributed by atoms with Gasteiger partial charge in [0.25, 0.3) is 0 Å². The predicted octanol–water partition coefficient (Wildman–Crippen LogP) is 3.30. The molecule has 0 aliphatic rings. The summed E-state index contributed by atoms with van der Waals surface area (Å²) in [5.74, 6) is -5.49. The molecule has 0 saturated carbocycles. The fourth-order valence-corrected chi connectivity index (χ4v) is 3.40. The van der Waals surface area contributed by atoms with Crippen LogP contribution in [0, 0.1) is 45.3 Å². The molecule has 296 valence electrons. The van der Waals surface area contributed by atoms with Crippen molar-refractivity contribution in [3.63, 3.8) is 0 Å². The Morgan fingerprint density at radius 1 is 0.397 bits per heavy atom. The van der Waals surface area contributed by atoms with Crippen molar-refractivity contribution in [3.8, 4) is 24.3 Å². The van der Waals surface area contributed by atoms with Crippen LogP contribution in [0.25, 0.3) is 0 Å². The second-order valence-corrected chi connectivity index (χ2v) is 9.67. The summed E-state index contributed by atoms with van der Waals surface area (Å²) >= 11 is 0. The van der Waals surface area contributed by atoms with Crippen LogP contribution >= 0.6 is 0 Å². The summed E-state index contributed by atoms with van der Waals surface area (Å²) in [4.78, 5) is 56.5. The van der Waals surface area contributed by atoms with E-state index >= 15 is 0 Å². The number of carboxylic acid groups (broad SMARTS) is 4. The first-order valence-corrected chi connectivity index (χ1v) is 15.3. The molecule has 0 spiro atoms. The van der Waals surface area contributed by atoms with Gasteiger partial charge in [-0.2, -0.15) is 21.0 Å². The Kier molecular flexibility index (Phi) is 28.7. The average Bonchev–Trinajstić information content (AvgIpc) is 3.25. The third kappa shape index (κ3) is 21.9. The first-order chi connectivity index (χ1) is 27.0. The van der Waals surface area contributed by atoms with E-state index in [2.05, 4.69) is 19.9 Å². The summed E-state index contributed by atoms with van der Waals surface area (Å²) in [5, 5.41) is 70.8. The van der Waals surface area contributed by atoms with Gasteiger partial charge in [-0.15, -0.1) is 0 Å². The van der Waals surface area contributed by atoms with Crippen molar-refractivity contribution in [3.05, 3.63) is 191 Å². The molecule has 0 aliphatic carbocycles. The number of aromatic nitrogens is 4. The Hall–Kier alpha value is -7.64. The number of rotatable bonds is 4. The van der Waals surface area contributed by atoms with E-state index in [-0.39, 0.29) is 67.0 Å². The quantitative estimate of drug-likeness (QED) is 0.240. The third-order valence-electron chi connectivity index (χ3n) is 5.99. The standard InChI is InChI=1S/2C8H6O4.4C6H4N2.2Ag/c2*9-7(10)5-3-1-2-4-6(5)8(11)12;4*7-5-6-1-3-8-4-2-6;;/h2*1-4H,(H,9,10)(H,11,12);4*1-4H;;/q;;;;;;2*+1/p-2. The Morgan fingerprint density at radius 2 is 0.586 bits per heavy atom. The molecular formula is C40H26Ag2N8O8. The van der Waals surface area contributed by atoms with E-state index in [4.69, 9.17) is 31.3 Å². The van der Waals surface area contributed by atoms with Crippen molar-refractivity contribution in [1.82, 2.24) is 19.9 Å². The molecular weight excluding hydrogens is 936 g/mol. The summed E-state index contributed by atoms with van der Waals surface area (Å²) in [5.41, 5.74) is 1.50. The van der Waals surface area contributed by atoms with E-state index < -0.39 is 23.9 Å².